The van der Waals surface area contributed by atoms with E-state index in [9.17, 15) is 14.7 Å². The average Bonchev–Trinajstić information content (AvgIpc) is 3.15. The molecule has 0 aliphatic rings. The maximum atomic E-state index is 13.3. The molecule has 0 fully saturated rings. The molecule has 5 N–H and O–H groups in total. The Morgan fingerprint density at radius 1 is 0.938 bits per heavy atom. The molecule has 0 radical (unpaired) electrons. The Balaban J connectivity index is 1.93. The highest BCUT2D eigenvalue weighted by atomic mass is 16.3. The standard InChI is InChI=1S/C23H26N6O3/c1-2-11-27-22(31)20-21(28(23(27)32)13-16-3-7-17(25)8-4-16)26-19(29(20)14-24)12-15-5-9-18(30)10-6-15/h3-10,30H,2,11-14,24-25H2,1H3. The molecule has 2 aromatic heterocycles. The van der Waals surface area contributed by atoms with E-state index in [1.807, 2.05) is 19.1 Å². The summed E-state index contributed by atoms with van der Waals surface area (Å²) in [6, 6.07) is 14.0. The van der Waals surface area contributed by atoms with Crippen LogP contribution in [0.15, 0.2) is 58.1 Å². The molecule has 0 spiro atoms. The van der Waals surface area contributed by atoms with Gasteiger partial charge in [0, 0.05) is 18.7 Å². The SMILES string of the molecule is CCCn1c(=O)c2c(nc(Cc3ccc(O)cc3)n2CN)n(Cc2ccc(N)cc2)c1=O. The zero-order valence-electron chi connectivity index (χ0n) is 17.9. The van der Waals surface area contributed by atoms with E-state index in [2.05, 4.69) is 4.98 Å². The summed E-state index contributed by atoms with van der Waals surface area (Å²) in [5.74, 6) is 0.742. The van der Waals surface area contributed by atoms with Gasteiger partial charge < -0.3 is 21.1 Å². The van der Waals surface area contributed by atoms with Crippen LogP contribution in [0.25, 0.3) is 11.2 Å². The van der Waals surface area contributed by atoms with E-state index < -0.39 is 11.2 Å². The summed E-state index contributed by atoms with van der Waals surface area (Å²) in [4.78, 5) is 31.2. The van der Waals surface area contributed by atoms with Crippen molar-refractivity contribution in [2.45, 2.75) is 39.5 Å². The number of aromatic hydroxyl groups is 1. The zero-order valence-corrected chi connectivity index (χ0v) is 17.9. The molecule has 32 heavy (non-hydrogen) atoms. The van der Waals surface area contributed by atoms with Crippen molar-refractivity contribution in [1.82, 2.24) is 18.7 Å². The third-order valence-electron chi connectivity index (χ3n) is 5.44. The molecule has 4 rings (SSSR count). The fourth-order valence-electron chi connectivity index (χ4n) is 3.83. The molecule has 2 aromatic carbocycles. The van der Waals surface area contributed by atoms with Crippen molar-refractivity contribution in [1.29, 1.82) is 0 Å². The highest BCUT2D eigenvalue weighted by Crippen LogP contribution is 2.18. The Labute approximate surface area is 184 Å². The fraction of sp³-hybridized carbons (Fsp3) is 0.261. The first-order valence-corrected chi connectivity index (χ1v) is 10.5. The molecular weight excluding hydrogens is 408 g/mol. The summed E-state index contributed by atoms with van der Waals surface area (Å²) >= 11 is 0. The number of hydrogen-bond donors (Lipinski definition) is 3. The van der Waals surface area contributed by atoms with E-state index >= 15 is 0 Å². The molecule has 0 unspecified atom stereocenters. The number of anilines is 1. The second-order valence-electron chi connectivity index (χ2n) is 7.72. The molecule has 0 saturated carbocycles. The fourth-order valence-corrected chi connectivity index (χ4v) is 3.83. The first-order valence-electron chi connectivity index (χ1n) is 10.5. The van der Waals surface area contributed by atoms with E-state index in [1.165, 1.54) is 9.13 Å². The number of fused-ring (bicyclic) bond motifs is 1. The van der Waals surface area contributed by atoms with Crippen molar-refractivity contribution < 1.29 is 5.11 Å². The van der Waals surface area contributed by atoms with E-state index in [0.29, 0.717) is 42.1 Å². The lowest BCUT2D eigenvalue weighted by molar-refractivity contribution is 0.475. The molecule has 166 valence electrons. The molecule has 0 aliphatic carbocycles. The summed E-state index contributed by atoms with van der Waals surface area (Å²) in [5.41, 5.74) is 14.0. The number of nitrogens with zero attached hydrogens (tertiary/aromatic N) is 4. The van der Waals surface area contributed by atoms with Crippen LogP contribution in [0.1, 0.15) is 30.3 Å². The average molecular weight is 435 g/mol. The van der Waals surface area contributed by atoms with Crippen molar-refractivity contribution in [3.05, 3.63) is 86.3 Å². The number of nitrogen functional groups attached to an aromatic ring is 1. The van der Waals surface area contributed by atoms with Gasteiger partial charge in [-0.2, -0.15) is 0 Å². The molecule has 2 heterocycles. The van der Waals surface area contributed by atoms with Crippen LogP contribution in [0.5, 0.6) is 5.75 Å². The Kier molecular flexibility index (Phi) is 5.83. The quantitative estimate of drug-likeness (QED) is 0.378. The topological polar surface area (TPSA) is 134 Å². The molecule has 0 bridgehead atoms. The van der Waals surface area contributed by atoms with Crippen LogP contribution in [-0.4, -0.2) is 23.8 Å². The van der Waals surface area contributed by atoms with E-state index in [-0.39, 0.29) is 19.0 Å². The van der Waals surface area contributed by atoms with Crippen molar-refractivity contribution in [3.63, 3.8) is 0 Å². The van der Waals surface area contributed by atoms with Gasteiger partial charge >= 0.3 is 5.69 Å². The number of imidazole rings is 1. The Morgan fingerprint density at radius 2 is 1.59 bits per heavy atom. The number of benzene rings is 2. The largest absolute Gasteiger partial charge is 0.508 e. The van der Waals surface area contributed by atoms with Gasteiger partial charge in [-0.05, 0) is 41.8 Å². The van der Waals surface area contributed by atoms with Crippen molar-refractivity contribution >= 4 is 16.9 Å². The summed E-state index contributed by atoms with van der Waals surface area (Å²) in [7, 11) is 0. The smallest absolute Gasteiger partial charge is 0.333 e. The monoisotopic (exact) mass is 434 g/mol. The van der Waals surface area contributed by atoms with Crippen LogP contribution >= 0.6 is 0 Å². The van der Waals surface area contributed by atoms with Crippen LogP contribution in [0.4, 0.5) is 5.69 Å². The Hall–Kier alpha value is -3.85. The molecule has 0 aliphatic heterocycles. The Morgan fingerprint density at radius 3 is 2.22 bits per heavy atom. The van der Waals surface area contributed by atoms with E-state index in [0.717, 1.165) is 11.1 Å². The van der Waals surface area contributed by atoms with Crippen molar-refractivity contribution in [2.75, 3.05) is 5.73 Å². The normalized spacial score (nSPS) is 11.3. The minimum atomic E-state index is -0.404. The van der Waals surface area contributed by atoms with Crippen LogP contribution in [0.3, 0.4) is 0 Å². The molecule has 9 nitrogen and oxygen atoms in total. The van der Waals surface area contributed by atoms with Gasteiger partial charge in [-0.1, -0.05) is 31.2 Å². The first kappa shape index (κ1) is 21.4. The lowest BCUT2D eigenvalue weighted by atomic mass is 10.1. The van der Waals surface area contributed by atoms with Crippen LogP contribution in [0, 0.1) is 0 Å². The Bertz CT molecular complexity index is 1360. The highest BCUT2D eigenvalue weighted by molar-refractivity contribution is 5.71. The number of hydrogen-bond acceptors (Lipinski definition) is 6. The van der Waals surface area contributed by atoms with Gasteiger partial charge in [-0.15, -0.1) is 0 Å². The van der Waals surface area contributed by atoms with Crippen LogP contribution in [0.2, 0.25) is 0 Å². The minimum Gasteiger partial charge on any atom is -0.508 e. The summed E-state index contributed by atoms with van der Waals surface area (Å²) in [5, 5.41) is 9.55. The lowest BCUT2D eigenvalue weighted by Crippen LogP contribution is -2.41. The maximum Gasteiger partial charge on any atom is 0.333 e. The van der Waals surface area contributed by atoms with Gasteiger partial charge in [-0.3, -0.25) is 13.9 Å². The number of aromatic nitrogens is 4. The highest BCUT2D eigenvalue weighted by Gasteiger charge is 2.21. The molecular formula is C23H26N6O3. The third kappa shape index (κ3) is 3.90. The number of phenols is 1. The zero-order chi connectivity index (χ0) is 22.8. The van der Waals surface area contributed by atoms with Crippen molar-refractivity contribution in [3.8, 4) is 5.75 Å². The number of nitrogens with two attached hydrogens (primary N) is 2. The molecule has 0 atom stereocenters. The third-order valence-corrected chi connectivity index (χ3v) is 5.44. The second kappa shape index (κ2) is 8.72. The van der Waals surface area contributed by atoms with Crippen molar-refractivity contribution in [2.24, 2.45) is 5.73 Å². The molecule has 4 aromatic rings. The number of rotatable bonds is 7. The van der Waals surface area contributed by atoms with Gasteiger partial charge in [0.25, 0.3) is 5.56 Å². The van der Waals surface area contributed by atoms with Gasteiger partial charge in [0.05, 0.1) is 13.2 Å². The van der Waals surface area contributed by atoms with Gasteiger partial charge in [0.2, 0.25) is 0 Å². The van der Waals surface area contributed by atoms with Crippen LogP contribution in [-0.2, 0) is 26.2 Å². The minimum absolute atomic E-state index is 0.0470. The molecule has 0 amide bonds. The van der Waals surface area contributed by atoms with Crippen LogP contribution < -0.4 is 22.7 Å². The predicted octanol–water partition coefficient (Wildman–Crippen LogP) is 1.61. The van der Waals surface area contributed by atoms with E-state index in [4.69, 9.17) is 11.5 Å². The second-order valence-corrected chi connectivity index (χ2v) is 7.72. The molecule has 9 heteroatoms. The summed E-state index contributed by atoms with van der Waals surface area (Å²) < 4.78 is 4.43. The number of phenolic OH excluding ortho intramolecular Hbond substituents is 1. The molecule has 0 saturated heterocycles. The van der Waals surface area contributed by atoms with Gasteiger partial charge in [0.15, 0.2) is 11.2 Å². The first-order chi connectivity index (χ1) is 15.4. The maximum absolute atomic E-state index is 13.3. The van der Waals surface area contributed by atoms with E-state index in [1.54, 1.807) is 41.0 Å². The lowest BCUT2D eigenvalue weighted by Gasteiger charge is -2.12. The summed E-state index contributed by atoms with van der Waals surface area (Å²) in [6.07, 6.45) is 1.04. The summed E-state index contributed by atoms with van der Waals surface area (Å²) in [6.45, 7) is 2.51. The van der Waals surface area contributed by atoms with Gasteiger partial charge in [-0.25, -0.2) is 9.78 Å². The van der Waals surface area contributed by atoms with Gasteiger partial charge in [0.1, 0.15) is 11.6 Å². The predicted molar refractivity (Wildman–Crippen MR) is 124 cm³/mol.